The fourth-order valence-corrected chi connectivity index (χ4v) is 3.88. The van der Waals surface area contributed by atoms with Crippen LogP contribution in [0.15, 0.2) is 48.5 Å². The van der Waals surface area contributed by atoms with Crippen LogP contribution in [0.25, 0.3) is 0 Å². The van der Waals surface area contributed by atoms with E-state index in [0.717, 1.165) is 23.4 Å². The number of amides is 2. The van der Waals surface area contributed by atoms with E-state index in [0.29, 0.717) is 17.8 Å². The lowest BCUT2D eigenvalue weighted by atomic mass is 10.1. The van der Waals surface area contributed by atoms with Crippen LogP contribution in [0.4, 0.5) is 23.7 Å². The molecular weight excluding hydrogens is 349 g/mol. The molecule has 0 bridgehead atoms. The molecule has 3 nitrogen and oxygen atoms in total. The Kier molecular flexibility index (Phi) is 4.94. The van der Waals surface area contributed by atoms with Crippen molar-refractivity contribution < 1.29 is 18.0 Å². The van der Waals surface area contributed by atoms with Crippen LogP contribution in [0.1, 0.15) is 22.1 Å². The second-order valence-corrected chi connectivity index (χ2v) is 7.02. The lowest BCUT2D eigenvalue weighted by Gasteiger charge is -2.24. The number of nitrogens with zero attached hydrogens (tertiary/aromatic N) is 1. The Morgan fingerprint density at radius 3 is 2.36 bits per heavy atom. The molecule has 2 aromatic rings. The van der Waals surface area contributed by atoms with Gasteiger partial charge in [0.25, 0.3) is 0 Å². The summed E-state index contributed by atoms with van der Waals surface area (Å²) in [7, 11) is 0. The summed E-state index contributed by atoms with van der Waals surface area (Å²) in [5.41, 5.74) is 1.79. The lowest BCUT2D eigenvalue weighted by molar-refractivity contribution is -0.137. The maximum atomic E-state index is 12.7. The van der Waals surface area contributed by atoms with Crippen LogP contribution in [0.3, 0.4) is 0 Å². The number of carbonyl (C=O) groups excluding carboxylic acids is 1. The molecule has 1 N–H and O–H groups in total. The number of aryl methyl sites for hydroxylation is 1. The fraction of sp³-hybridized carbons (Fsp3) is 0.278. The number of benzene rings is 2. The Morgan fingerprint density at radius 2 is 1.76 bits per heavy atom. The number of hydrogen-bond acceptors (Lipinski definition) is 2. The molecule has 7 heteroatoms. The van der Waals surface area contributed by atoms with Gasteiger partial charge in [-0.05, 0) is 36.8 Å². The van der Waals surface area contributed by atoms with Gasteiger partial charge in [0.05, 0.1) is 5.56 Å². The lowest BCUT2D eigenvalue weighted by Crippen LogP contribution is -2.34. The van der Waals surface area contributed by atoms with Gasteiger partial charge in [-0.25, -0.2) is 4.79 Å². The monoisotopic (exact) mass is 366 g/mol. The molecule has 132 valence electrons. The minimum Gasteiger partial charge on any atom is -0.308 e. The second-order valence-electron chi connectivity index (χ2n) is 5.83. The van der Waals surface area contributed by atoms with E-state index in [2.05, 4.69) is 5.32 Å². The number of carbonyl (C=O) groups is 1. The molecule has 0 spiro atoms. The summed E-state index contributed by atoms with van der Waals surface area (Å²) in [6, 6.07) is 12.2. The van der Waals surface area contributed by atoms with Gasteiger partial charge in [-0.15, -0.1) is 11.8 Å². The van der Waals surface area contributed by atoms with E-state index in [1.54, 1.807) is 16.7 Å². The van der Waals surface area contributed by atoms with Crippen molar-refractivity contribution in [1.82, 2.24) is 4.90 Å². The van der Waals surface area contributed by atoms with Gasteiger partial charge < -0.3 is 10.2 Å². The van der Waals surface area contributed by atoms with Crippen LogP contribution in [0.2, 0.25) is 0 Å². The molecule has 0 saturated carbocycles. The summed E-state index contributed by atoms with van der Waals surface area (Å²) in [6.45, 7) is 2.51. The third kappa shape index (κ3) is 4.10. The zero-order chi connectivity index (χ0) is 18.0. The zero-order valence-corrected chi connectivity index (χ0v) is 14.3. The van der Waals surface area contributed by atoms with Gasteiger partial charge in [0.1, 0.15) is 5.37 Å². The molecule has 1 fully saturated rings. The number of anilines is 1. The Labute approximate surface area is 148 Å². The number of nitrogens with one attached hydrogen (secondary N) is 1. The van der Waals surface area contributed by atoms with Gasteiger partial charge in [-0.1, -0.05) is 29.8 Å². The van der Waals surface area contributed by atoms with Gasteiger partial charge in [-0.2, -0.15) is 13.2 Å². The van der Waals surface area contributed by atoms with Crippen molar-refractivity contribution in [3.63, 3.8) is 0 Å². The number of rotatable bonds is 2. The van der Waals surface area contributed by atoms with Crippen LogP contribution >= 0.6 is 11.8 Å². The summed E-state index contributed by atoms with van der Waals surface area (Å²) in [5, 5.41) is 2.56. The first-order valence-corrected chi connectivity index (χ1v) is 8.82. The first kappa shape index (κ1) is 17.7. The van der Waals surface area contributed by atoms with Gasteiger partial charge in [0.15, 0.2) is 0 Å². The first-order chi connectivity index (χ1) is 11.8. The number of thioether (sulfide) groups is 1. The summed E-state index contributed by atoms with van der Waals surface area (Å²) in [5.74, 6) is 0.743. The summed E-state index contributed by atoms with van der Waals surface area (Å²) < 4.78 is 38.1. The first-order valence-electron chi connectivity index (χ1n) is 7.77. The van der Waals surface area contributed by atoms with Crippen molar-refractivity contribution in [3.8, 4) is 0 Å². The molecule has 1 aliphatic heterocycles. The van der Waals surface area contributed by atoms with Crippen LogP contribution in [0.5, 0.6) is 0 Å². The molecule has 25 heavy (non-hydrogen) atoms. The Balaban J connectivity index is 1.73. The Hall–Kier alpha value is -2.15. The van der Waals surface area contributed by atoms with E-state index >= 15 is 0 Å². The smallest absolute Gasteiger partial charge is 0.308 e. The molecule has 1 saturated heterocycles. The third-order valence-electron chi connectivity index (χ3n) is 3.98. The quantitative estimate of drug-likeness (QED) is 0.783. The second kappa shape index (κ2) is 7.00. The standard InChI is InChI=1S/C18H17F3N2OS/c1-12-2-8-15(9-3-12)22-17(24)23-10-11-25-16(23)13-4-6-14(7-5-13)18(19,20)21/h2-9,16H,10-11H2,1H3,(H,22,24)/t16-/m1/s1. The van der Waals surface area contributed by atoms with Crippen molar-refractivity contribution in [2.45, 2.75) is 18.5 Å². The summed E-state index contributed by atoms with van der Waals surface area (Å²) in [6.07, 6.45) is -4.36. The van der Waals surface area contributed by atoms with E-state index < -0.39 is 11.7 Å². The van der Waals surface area contributed by atoms with Crippen molar-refractivity contribution >= 4 is 23.5 Å². The SMILES string of the molecule is Cc1ccc(NC(=O)N2CCS[C@@H]2c2ccc(C(F)(F)F)cc2)cc1. The van der Waals surface area contributed by atoms with E-state index in [9.17, 15) is 18.0 Å². The molecule has 2 aromatic carbocycles. The highest BCUT2D eigenvalue weighted by Gasteiger charge is 2.33. The Morgan fingerprint density at radius 1 is 1.12 bits per heavy atom. The molecule has 3 rings (SSSR count). The van der Waals surface area contributed by atoms with Crippen LogP contribution in [0, 0.1) is 6.92 Å². The molecule has 0 unspecified atom stereocenters. The molecule has 1 atom stereocenters. The summed E-state index contributed by atoms with van der Waals surface area (Å²) in [4.78, 5) is 14.2. The molecule has 1 aliphatic rings. The largest absolute Gasteiger partial charge is 0.416 e. The topological polar surface area (TPSA) is 32.3 Å². The molecule has 0 aliphatic carbocycles. The maximum absolute atomic E-state index is 12.7. The van der Waals surface area contributed by atoms with Crippen molar-refractivity contribution in [2.24, 2.45) is 0 Å². The van der Waals surface area contributed by atoms with Gasteiger partial charge in [0.2, 0.25) is 0 Å². The predicted octanol–water partition coefficient (Wildman–Crippen LogP) is 5.29. The average Bonchev–Trinajstić information content (AvgIpc) is 3.06. The highest BCUT2D eigenvalue weighted by atomic mass is 32.2. The van der Waals surface area contributed by atoms with Crippen molar-refractivity contribution in [1.29, 1.82) is 0 Å². The minimum absolute atomic E-state index is 0.251. The van der Waals surface area contributed by atoms with E-state index in [1.165, 1.54) is 12.1 Å². The predicted molar refractivity (Wildman–Crippen MR) is 93.5 cm³/mol. The number of hydrogen-bond donors (Lipinski definition) is 1. The molecule has 0 aromatic heterocycles. The normalized spacial score (nSPS) is 17.6. The van der Waals surface area contributed by atoms with Crippen LogP contribution in [-0.4, -0.2) is 23.2 Å². The Bertz CT molecular complexity index is 744. The third-order valence-corrected chi connectivity index (χ3v) is 5.24. The van der Waals surface area contributed by atoms with Gasteiger partial charge in [0, 0.05) is 18.0 Å². The van der Waals surface area contributed by atoms with Crippen molar-refractivity contribution in [3.05, 3.63) is 65.2 Å². The minimum atomic E-state index is -4.36. The van der Waals surface area contributed by atoms with Crippen molar-refractivity contribution in [2.75, 3.05) is 17.6 Å². The molecular formula is C18H17F3N2OS. The maximum Gasteiger partial charge on any atom is 0.416 e. The number of urea groups is 1. The summed E-state index contributed by atoms with van der Waals surface area (Å²) >= 11 is 1.54. The average molecular weight is 366 g/mol. The fourth-order valence-electron chi connectivity index (χ4n) is 2.62. The van der Waals surface area contributed by atoms with E-state index in [4.69, 9.17) is 0 Å². The molecule has 1 heterocycles. The van der Waals surface area contributed by atoms with Gasteiger partial charge >= 0.3 is 12.2 Å². The number of halogens is 3. The molecule has 0 radical (unpaired) electrons. The van der Waals surface area contributed by atoms with Gasteiger partial charge in [-0.3, -0.25) is 0 Å². The number of alkyl halides is 3. The van der Waals surface area contributed by atoms with E-state index in [-0.39, 0.29) is 11.4 Å². The van der Waals surface area contributed by atoms with Crippen LogP contribution in [-0.2, 0) is 6.18 Å². The van der Waals surface area contributed by atoms with E-state index in [1.807, 2.05) is 31.2 Å². The highest BCUT2D eigenvalue weighted by molar-refractivity contribution is 7.99. The molecule has 2 amide bonds. The zero-order valence-electron chi connectivity index (χ0n) is 13.5. The van der Waals surface area contributed by atoms with Crippen LogP contribution < -0.4 is 5.32 Å². The highest BCUT2D eigenvalue weighted by Crippen LogP contribution is 2.39.